The molecule has 0 saturated heterocycles. The minimum atomic E-state index is 0. The van der Waals surface area contributed by atoms with Gasteiger partial charge < -0.3 is 20.2 Å². The van der Waals surface area contributed by atoms with Gasteiger partial charge in [-0.25, -0.2) is 0 Å². The van der Waals surface area contributed by atoms with Crippen LogP contribution in [0.5, 0.6) is 0 Å². The molecule has 0 aliphatic heterocycles. The van der Waals surface area contributed by atoms with E-state index in [1.807, 2.05) is 18.2 Å². The molecule has 0 amide bonds. The second-order valence-corrected chi connectivity index (χ2v) is 6.12. The van der Waals surface area contributed by atoms with E-state index in [4.69, 9.17) is 4.42 Å². The molecular formula is C18H32IN3O2. The first-order valence-corrected chi connectivity index (χ1v) is 8.42. The standard InChI is InChI=1S/C18H31N3O2.HI/c1-4-9-19-18(20-10-7-17-6-5-12-23-17)21-14-16(8-11-22)13-15(2)3;/h4-6,12,15-16,22H,1,7-11,13-14H2,2-3H3,(H2,19,20,21);1H. The second kappa shape index (κ2) is 14.3. The van der Waals surface area contributed by atoms with Crippen molar-refractivity contribution in [3.05, 3.63) is 36.8 Å². The van der Waals surface area contributed by atoms with Gasteiger partial charge >= 0.3 is 0 Å². The largest absolute Gasteiger partial charge is 0.469 e. The van der Waals surface area contributed by atoms with Crippen LogP contribution in [0.25, 0.3) is 0 Å². The number of halogens is 1. The van der Waals surface area contributed by atoms with Gasteiger partial charge in [0.1, 0.15) is 5.76 Å². The molecule has 0 spiro atoms. The van der Waals surface area contributed by atoms with Crippen molar-refractivity contribution < 1.29 is 9.52 Å². The van der Waals surface area contributed by atoms with E-state index >= 15 is 0 Å². The number of furan rings is 1. The van der Waals surface area contributed by atoms with Crippen LogP contribution < -0.4 is 10.6 Å². The number of rotatable bonds is 11. The van der Waals surface area contributed by atoms with Crippen LogP contribution in [0.1, 0.15) is 32.4 Å². The Labute approximate surface area is 163 Å². The maximum absolute atomic E-state index is 9.20. The summed E-state index contributed by atoms with van der Waals surface area (Å²) < 4.78 is 5.33. The molecule has 5 nitrogen and oxygen atoms in total. The normalized spacial score (nSPS) is 12.6. The van der Waals surface area contributed by atoms with Crippen molar-refractivity contribution in [2.75, 3.05) is 26.2 Å². The summed E-state index contributed by atoms with van der Waals surface area (Å²) in [6.45, 7) is 10.5. The lowest BCUT2D eigenvalue weighted by molar-refractivity contribution is 0.245. The van der Waals surface area contributed by atoms with Crippen LogP contribution in [0.2, 0.25) is 0 Å². The SMILES string of the molecule is C=CCNC(=NCC(CCO)CC(C)C)NCCc1ccco1.I. The second-order valence-electron chi connectivity index (χ2n) is 6.12. The van der Waals surface area contributed by atoms with Gasteiger partial charge in [0.2, 0.25) is 0 Å². The van der Waals surface area contributed by atoms with Gasteiger partial charge in [0, 0.05) is 32.7 Å². The lowest BCUT2D eigenvalue weighted by Crippen LogP contribution is -2.39. The van der Waals surface area contributed by atoms with Gasteiger partial charge in [-0.2, -0.15) is 0 Å². The average Bonchev–Trinajstić information content (AvgIpc) is 3.02. The van der Waals surface area contributed by atoms with E-state index in [9.17, 15) is 5.11 Å². The first-order valence-electron chi connectivity index (χ1n) is 8.42. The van der Waals surface area contributed by atoms with Crippen LogP contribution in [-0.4, -0.2) is 37.3 Å². The van der Waals surface area contributed by atoms with E-state index < -0.39 is 0 Å². The predicted molar refractivity (Wildman–Crippen MR) is 111 cm³/mol. The third-order valence-corrected chi connectivity index (χ3v) is 3.51. The maximum atomic E-state index is 9.20. The Morgan fingerprint density at radius 1 is 1.42 bits per heavy atom. The Morgan fingerprint density at radius 3 is 2.79 bits per heavy atom. The summed E-state index contributed by atoms with van der Waals surface area (Å²) in [4.78, 5) is 4.66. The molecule has 1 atom stereocenters. The molecule has 0 bridgehead atoms. The van der Waals surface area contributed by atoms with E-state index in [0.29, 0.717) is 24.9 Å². The van der Waals surface area contributed by atoms with Crippen LogP contribution >= 0.6 is 24.0 Å². The van der Waals surface area contributed by atoms with Crippen molar-refractivity contribution in [2.45, 2.75) is 33.1 Å². The predicted octanol–water partition coefficient (Wildman–Crippen LogP) is 3.21. The minimum absolute atomic E-state index is 0. The fourth-order valence-corrected chi connectivity index (χ4v) is 2.46. The zero-order valence-electron chi connectivity index (χ0n) is 14.8. The summed E-state index contributed by atoms with van der Waals surface area (Å²) in [5.41, 5.74) is 0. The molecule has 0 aliphatic rings. The summed E-state index contributed by atoms with van der Waals surface area (Å²) in [5.74, 6) is 2.76. The molecule has 1 aromatic rings. The molecule has 24 heavy (non-hydrogen) atoms. The fraction of sp³-hybridized carbons (Fsp3) is 0.611. The van der Waals surface area contributed by atoms with Gasteiger partial charge in [-0.3, -0.25) is 4.99 Å². The summed E-state index contributed by atoms with van der Waals surface area (Å²) in [5, 5.41) is 15.7. The highest BCUT2D eigenvalue weighted by molar-refractivity contribution is 14.0. The quantitative estimate of drug-likeness (QED) is 0.210. The zero-order chi connectivity index (χ0) is 16.9. The molecular weight excluding hydrogens is 417 g/mol. The third kappa shape index (κ3) is 10.7. The van der Waals surface area contributed by atoms with Crippen molar-refractivity contribution in [1.29, 1.82) is 0 Å². The molecule has 0 aromatic carbocycles. The van der Waals surface area contributed by atoms with Crippen molar-refractivity contribution in [3.63, 3.8) is 0 Å². The first kappa shape index (κ1) is 23.0. The molecule has 0 saturated carbocycles. The Balaban J connectivity index is 0.00000529. The third-order valence-electron chi connectivity index (χ3n) is 3.51. The van der Waals surface area contributed by atoms with Gasteiger partial charge in [-0.15, -0.1) is 30.6 Å². The summed E-state index contributed by atoms with van der Waals surface area (Å²) in [7, 11) is 0. The van der Waals surface area contributed by atoms with Crippen molar-refractivity contribution in [2.24, 2.45) is 16.8 Å². The van der Waals surface area contributed by atoms with Crippen LogP contribution in [0, 0.1) is 11.8 Å². The van der Waals surface area contributed by atoms with E-state index in [1.54, 1.807) is 6.26 Å². The number of guanidine groups is 1. The molecule has 1 aromatic heterocycles. The molecule has 3 N–H and O–H groups in total. The highest BCUT2D eigenvalue weighted by Gasteiger charge is 2.10. The average molecular weight is 449 g/mol. The summed E-state index contributed by atoms with van der Waals surface area (Å²) >= 11 is 0. The maximum Gasteiger partial charge on any atom is 0.191 e. The van der Waals surface area contributed by atoms with Gasteiger partial charge in [0.15, 0.2) is 5.96 Å². The van der Waals surface area contributed by atoms with Crippen molar-refractivity contribution in [3.8, 4) is 0 Å². The summed E-state index contributed by atoms with van der Waals surface area (Å²) in [6, 6.07) is 3.86. The van der Waals surface area contributed by atoms with E-state index in [2.05, 4.69) is 36.1 Å². The van der Waals surface area contributed by atoms with E-state index in [-0.39, 0.29) is 30.6 Å². The number of aliphatic imine (C=N–C) groups is 1. The van der Waals surface area contributed by atoms with E-state index in [0.717, 1.165) is 37.5 Å². The number of nitrogens with zero attached hydrogens (tertiary/aromatic N) is 1. The monoisotopic (exact) mass is 449 g/mol. The van der Waals surface area contributed by atoms with Crippen molar-refractivity contribution in [1.82, 2.24) is 10.6 Å². The number of aliphatic hydroxyl groups excluding tert-OH is 1. The fourth-order valence-electron chi connectivity index (χ4n) is 2.46. The van der Waals surface area contributed by atoms with Gasteiger partial charge in [-0.05, 0) is 36.8 Å². The molecule has 0 radical (unpaired) electrons. The Kier molecular flexibility index (Phi) is 13.7. The van der Waals surface area contributed by atoms with Crippen LogP contribution in [-0.2, 0) is 6.42 Å². The molecule has 1 unspecified atom stereocenters. The lowest BCUT2D eigenvalue weighted by atomic mass is 9.94. The van der Waals surface area contributed by atoms with Crippen LogP contribution in [0.4, 0.5) is 0 Å². The topological polar surface area (TPSA) is 69.8 Å². The highest BCUT2D eigenvalue weighted by Crippen LogP contribution is 2.15. The van der Waals surface area contributed by atoms with Crippen LogP contribution in [0.15, 0.2) is 40.5 Å². The van der Waals surface area contributed by atoms with Crippen LogP contribution in [0.3, 0.4) is 0 Å². The Hall–Kier alpha value is -1.02. The molecule has 1 heterocycles. The zero-order valence-corrected chi connectivity index (χ0v) is 17.2. The molecule has 0 fully saturated rings. The van der Waals surface area contributed by atoms with Gasteiger partial charge in [-0.1, -0.05) is 19.9 Å². The Morgan fingerprint density at radius 2 is 2.21 bits per heavy atom. The number of nitrogens with one attached hydrogen (secondary N) is 2. The number of hydrogen-bond acceptors (Lipinski definition) is 3. The molecule has 6 heteroatoms. The highest BCUT2D eigenvalue weighted by atomic mass is 127. The van der Waals surface area contributed by atoms with E-state index in [1.165, 1.54) is 0 Å². The first-order chi connectivity index (χ1) is 11.2. The number of aliphatic hydroxyl groups is 1. The smallest absolute Gasteiger partial charge is 0.191 e. The van der Waals surface area contributed by atoms with Crippen molar-refractivity contribution >= 4 is 29.9 Å². The molecule has 138 valence electrons. The lowest BCUT2D eigenvalue weighted by Gasteiger charge is -2.17. The number of hydrogen-bond donors (Lipinski definition) is 3. The molecule has 1 rings (SSSR count). The Bertz CT molecular complexity index is 447. The van der Waals surface area contributed by atoms with Gasteiger partial charge in [0.25, 0.3) is 0 Å². The van der Waals surface area contributed by atoms with Gasteiger partial charge in [0.05, 0.1) is 6.26 Å². The molecule has 0 aliphatic carbocycles. The summed E-state index contributed by atoms with van der Waals surface area (Å²) in [6.07, 6.45) is 6.18. The minimum Gasteiger partial charge on any atom is -0.469 e.